The molecule has 5 heteroatoms. The van der Waals surface area contributed by atoms with Crippen LogP contribution in [0.5, 0.6) is 0 Å². The molecule has 1 fully saturated rings. The minimum Gasteiger partial charge on any atom is -0.336 e. The van der Waals surface area contributed by atoms with Crippen molar-refractivity contribution in [2.75, 3.05) is 13.1 Å². The molecule has 0 unspecified atom stereocenters. The Kier molecular flexibility index (Phi) is 3.89. The summed E-state index contributed by atoms with van der Waals surface area (Å²) in [7, 11) is 0. The van der Waals surface area contributed by atoms with Crippen LogP contribution in [-0.4, -0.2) is 39.1 Å². The first-order valence-corrected chi connectivity index (χ1v) is 7.41. The fourth-order valence-electron chi connectivity index (χ4n) is 2.46. The third-order valence-electron chi connectivity index (χ3n) is 4.01. The zero-order valence-corrected chi connectivity index (χ0v) is 13.3. The molecule has 1 amide bonds. The number of H-pyrrole nitrogens is 1. The van der Waals surface area contributed by atoms with Gasteiger partial charge in [0.05, 0.1) is 0 Å². The van der Waals surface area contributed by atoms with Crippen LogP contribution >= 0.6 is 0 Å². The SMILES string of the molecule is CC1(C)CCCN(C(=O)c2n[nH]c(C(C)(C)C)n2)CC1. The van der Waals surface area contributed by atoms with Crippen LogP contribution in [0, 0.1) is 5.41 Å². The Morgan fingerprint density at radius 1 is 1.25 bits per heavy atom. The van der Waals surface area contributed by atoms with E-state index in [0.717, 1.165) is 38.2 Å². The van der Waals surface area contributed by atoms with E-state index in [9.17, 15) is 4.79 Å². The number of carbonyl (C=O) groups is 1. The molecule has 0 bridgehead atoms. The summed E-state index contributed by atoms with van der Waals surface area (Å²) in [5.41, 5.74) is 0.205. The first-order chi connectivity index (χ1) is 9.19. The van der Waals surface area contributed by atoms with E-state index in [0.29, 0.717) is 11.2 Å². The second-order valence-electron chi connectivity index (χ2n) is 7.57. The standard InChI is InChI=1S/C15H26N4O/c1-14(2,3)13-16-11(17-18-13)12(20)19-9-6-7-15(4,5)8-10-19/h6-10H2,1-5H3,(H,16,17,18). The van der Waals surface area contributed by atoms with Crippen LogP contribution < -0.4 is 0 Å². The highest BCUT2D eigenvalue weighted by Crippen LogP contribution is 2.30. The predicted molar refractivity (Wildman–Crippen MR) is 78.6 cm³/mol. The number of nitrogens with one attached hydrogen (secondary N) is 1. The van der Waals surface area contributed by atoms with Crippen LogP contribution in [0.25, 0.3) is 0 Å². The summed E-state index contributed by atoms with van der Waals surface area (Å²) in [6, 6.07) is 0. The lowest BCUT2D eigenvalue weighted by atomic mass is 9.85. The summed E-state index contributed by atoms with van der Waals surface area (Å²) in [6.45, 7) is 12.3. The van der Waals surface area contributed by atoms with Crippen molar-refractivity contribution in [2.24, 2.45) is 5.41 Å². The van der Waals surface area contributed by atoms with Gasteiger partial charge in [-0.1, -0.05) is 34.6 Å². The van der Waals surface area contributed by atoms with E-state index >= 15 is 0 Å². The van der Waals surface area contributed by atoms with Crippen molar-refractivity contribution in [3.05, 3.63) is 11.6 Å². The quantitative estimate of drug-likeness (QED) is 0.859. The summed E-state index contributed by atoms with van der Waals surface area (Å²) < 4.78 is 0. The van der Waals surface area contributed by atoms with Crippen LogP contribution in [0.2, 0.25) is 0 Å². The Hall–Kier alpha value is -1.39. The second-order valence-corrected chi connectivity index (χ2v) is 7.57. The number of aromatic nitrogens is 3. The van der Waals surface area contributed by atoms with Crippen LogP contribution in [0.15, 0.2) is 0 Å². The van der Waals surface area contributed by atoms with Gasteiger partial charge in [-0.25, -0.2) is 4.98 Å². The molecule has 0 atom stereocenters. The predicted octanol–water partition coefficient (Wildman–Crippen LogP) is 2.75. The highest BCUT2D eigenvalue weighted by molar-refractivity contribution is 5.90. The van der Waals surface area contributed by atoms with E-state index in [1.807, 2.05) is 4.90 Å². The largest absolute Gasteiger partial charge is 0.336 e. The Morgan fingerprint density at radius 3 is 2.55 bits per heavy atom. The number of rotatable bonds is 1. The van der Waals surface area contributed by atoms with Gasteiger partial charge in [-0.15, -0.1) is 5.10 Å². The van der Waals surface area contributed by atoms with E-state index < -0.39 is 0 Å². The molecule has 1 saturated heterocycles. The van der Waals surface area contributed by atoms with Crippen LogP contribution in [0.4, 0.5) is 0 Å². The van der Waals surface area contributed by atoms with Crippen molar-refractivity contribution in [3.8, 4) is 0 Å². The van der Waals surface area contributed by atoms with E-state index in [-0.39, 0.29) is 11.3 Å². The monoisotopic (exact) mass is 278 g/mol. The molecule has 1 N–H and O–H groups in total. The zero-order valence-electron chi connectivity index (χ0n) is 13.3. The summed E-state index contributed by atoms with van der Waals surface area (Å²) in [4.78, 5) is 18.7. The van der Waals surface area contributed by atoms with Gasteiger partial charge in [-0.05, 0) is 24.7 Å². The zero-order chi connectivity index (χ0) is 15.0. The molecule has 5 nitrogen and oxygen atoms in total. The molecule has 1 aromatic rings. The van der Waals surface area contributed by atoms with Crippen molar-refractivity contribution >= 4 is 5.91 Å². The van der Waals surface area contributed by atoms with Gasteiger partial charge in [0, 0.05) is 18.5 Å². The third-order valence-corrected chi connectivity index (χ3v) is 4.01. The number of likely N-dealkylation sites (tertiary alicyclic amines) is 1. The first-order valence-electron chi connectivity index (χ1n) is 7.41. The topological polar surface area (TPSA) is 61.9 Å². The number of nitrogens with zero attached hydrogens (tertiary/aromatic N) is 3. The van der Waals surface area contributed by atoms with Crippen molar-refractivity contribution in [2.45, 2.75) is 59.3 Å². The fraction of sp³-hybridized carbons (Fsp3) is 0.800. The molecule has 1 aromatic heterocycles. The number of amides is 1. The number of aromatic amines is 1. The summed E-state index contributed by atoms with van der Waals surface area (Å²) in [5.74, 6) is 1.01. The van der Waals surface area contributed by atoms with Gasteiger partial charge in [-0.2, -0.15) is 0 Å². The molecule has 0 radical (unpaired) electrons. The molecule has 0 aliphatic carbocycles. The smallest absolute Gasteiger partial charge is 0.293 e. The average molecular weight is 278 g/mol. The highest BCUT2D eigenvalue weighted by atomic mass is 16.2. The lowest BCUT2D eigenvalue weighted by Gasteiger charge is -2.22. The minimum atomic E-state index is -0.119. The Balaban J connectivity index is 2.09. The van der Waals surface area contributed by atoms with Crippen molar-refractivity contribution in [1.29, 1.82) is 0 Å². The van der Waals surface area contributed by atoms with Gasteiger partial charge in [-0.3, -0.25) is 9.89 Å². The molecule has 20 heavy (non-hydrogen) atoms. The maximum Gasteiger partial charge on any atom is 0.293 e. The van der Waals surface area contributed by atoms with Gasteiger partial charge < -0.3 is 4.90 Å². The number of hydrogen-bond acceptors (Lipinski definition) is 3. The third kappa shape index (κ3) is 3.38. The number of carbonyl (C=O) groups excluding carboxylic acids is 1. The second kappa shape index (κ2) is 5.19. The Morgan fingerprint density at radius 2 is 1.95 bits per heavy atom. The van der Waals surface area contributed by atoms with Crippen molar-refractivity contribution < 1.29 is 4.79 Å². The molecule has 112 valence electrons. The van der Waals surface area contributed by atoms with Crippen molar-refractivity contribution in [3.63, 3.8) is 0 Å². The summed E-state index contributed by atoms with van der Waals surface area (Å²) in [5, 5.41) is 6.99. The average Bonchev–Trinajstić information content (AvgIpc) is 2.75. The summed E-state index contributed by atoms with van der Waals surface area (Å²) >= 11 is 0. The fourth-order valence-corrected chi connectivity index (χ4v) is 2.46. The van der Waals surface area contributed by atoms with Gasteiger partial charge in [0.2, 0.25) is 5.82 Å². The van der Waals surface area contributed by atoms with Crippen LogP contribution in [0.1, 0.15) is 70.3 Å². The van der Waals surface area contributed by atoms with Gasteiger partial charge in [0.25, 0.3) is 5.91 Å². The molecular formula is C15H26N4O. The molecule has 1 aliphatic heterocycles. The van der Waals surface area contributed by atoms with Crippen LogP contribution in [-0.2, 0) is 5.41 Å². The van der Waals surface area contributed by atoms with E-state index in [1.165, 1.54) is 0 Å². The van der Waals surface area contributed by atoms with Gasteiger partial charge in [0.1, 0.15) is 5.82 Å². The molecule has 2 rings (SSSR count). The Labute approximate surface area is 121 Å². The summed E-state index contributed by atoms with van der Waals surface area (Å²) in [6.07, 6.45) is 3.25. The van der Waals surface area contributed by atoms with Gasteiger partial charge in [0.15, 0.2) is 0 Å². The van der Waals surface area contributed by atoms with Crippen LogP contribution in [0.3, 0.4) is 0 Å². The molecule has 2 heterocycles. The highest BCUT2D eigenvalue weighted by Gasteiger charge is 2.28. The van der Waals surface area contributed by atoms with Gasteiger partial charge >= 0.3 is 0 Å². The lowest BCUT2D eigenvalue weighted by Crippen LogP contribution is -2.33. The molecule has 0 spiro atoms. The van der Waals surface area contributed by atoms with Crippen molar-refractivity contribution in [1.82, 2.24) is 20.1 Å². The maximum absolute atomic E-state index is 12.5. The minimum absolute atomic E-state index is 0.0468. The molecule has 0 saturated carbocycles. The first kappa shape index (κ1) is 15.0. The lowest BCUT2D eigenvalue weighted by molar-refractivity contribution is 0.0745. The van der Waals surface area contributed by atoms with E-state index in [1.54, 1.807) is 0 Å². The normalized spacial score (nSPS) is 19.8. The maximum atomic E-state index is 12.5. The van der Waals surface area contributed by atoms with E-state index in [4.69, 9.17) is 0 Å². The Bertz CT molecular complexity index is 484. The number of hydrogen-bond donors (Lipinski definition) is 1. The van der Waals surface area contributed by atoms with E-state index in [2.05, 4.69) is 49.8 Å². The molecule has 0 aromatic carbocycles. The molecule has 1 aliphatic rings. The molecular weight excluding hydrogens is 252 g/mol.